The Kier molecular flexibility index (Phi) is 3.78. The van der Waals surface area contributed by atoms with Crippen molar-refractivity contribution >= 4 is 39.0 Å². The largest absolute Gasteiger partial charge is 0.486 e. The van der Waals surface area contributed by atoms with Crippen LogP contribution in [0, 0.1) is 0 Å². The van der Waals surface area contributed by atoms with Gasteiger partial charge in [0.05, 0.1) is 5.02 Å². The molecule has 6 heteroatoms. The Bertz CT molecular complexity index is 733. The number of nitrogen functional groups attached to an aromatic ring is 1. The summed E-state index contributed by atoms with van der Waals surface area (Å²) in [7, 11) is 0. The third kappa shape index (κ3) is 2.71. The first-order chi connectivity index (χ1) is 10.1. The molecule has 2 aromatic carbocycles. The molecule has 0 bridgehead atoms. The predicted molar refractivity (Wildman–Crippen MR) is 84.4 cm³/mol. The van der Waals surface area contributed by atoms with Crippen LogP contribution in [0.3, 0.4) is 0 Å². The maximum Gasteiger partial charge on any atom is 0.194 e. The molecule has 0 radical (unpaired) electrons. The van der Waals surface area contributed by atoms with Gasteiger partial charge in [0.25, 0.3) is 0 Å². The lowest BCUT2D eigenvalue weighted by molar-refractivity contribution is 0.103. The van der Waals surface area contributed by atoms with Gasteiger partial charge in [-0.3, -0.25) is 4.79 Å². The van der Waals surface area contributed by atoms with Gasteiger partial charge in [0.1, 0.15) is 13.2 Å². The minimum Gasteiger partial charge on any atom is -0.486 e. The smallest absolute Gasteiger partial charge is 0.194 e. The van der Waals surface area contributed by atoms with Crippen molar-refractivity contribution in [3.63, 3.8) is 0 Å². The lowest BCUT2D eigenvalue weighted by Gasteiger charge is -2.19. The van der Waals surface area contributed by atoms with Gasteiger partial charge in [0.15, 0.2) is 17.3 Å². The van der Waals surface area contributed by atoms with Crippen molar-refractivity contribution < 1.29 is 14.3 Å². The van der Waals surface area contributed by atoms with Crippen molar-refractivity contribution in [1.82, 2.24) is 0 Å². The van der Waals surface area contributed by atoms with Gasteiger partial charge in [0, 0.05) is 27.4 Å². The summed E-state index contributed by atoms with van der Waals surface area (Å²) >= 11 is 9.48. The number of fused-ring (bicyclic) bond motifs is 1. The molecule has 1 aliphatic heterocycles. The van der Waals surface area contributed by atoms with E-state index >= 15 is 0 Å². The molecule has 0 saturated carbocycles. The minimum atomic E-state index is -0.212. The summed E-state index contributed by atoms with van der Waals surface area (Å²) in [5.41, 5.74) is 7.13. The van der Waals surface area contributed by atoms with Gasteiger partial charge in [-0.15, -0.1) is 0 Å². The Morgan fingerprint density at radius 2 is 1.81 bits per heavy atom. The van der Waals surface area contributed by atoms with Crippen LogP contribution in [0.1, 0.15) is 15.9 Å². The number of carbonyl (C=O) groups is 1. The van der Waals surface area contributed by atoms with Crippen molar-refractivity contribution in [1.29, 1.82) is 0 Å². The maximum atomic E-state index is 12.6. The van der Waals surface area contributed by atoms with E-state index in [0.29, 0.717) is 46.5 Å². The number of ether oxygens (including phenoxy) is 2. The molecule has 0 fully saturated rings. The van der Waals surface area contributed by atoms with E-state index in [0.717, 1.165) is 4.47 Å². The Morgan fingerprint density at radius 1 is 1.14 bits per heavy atom. The minimum absolute atomic E-state index is 0.212. The van der Waals surface area contributed by atoms with E-state index in [2.05, 4.69) is 15.9 Å². The first-order valence-corrected chi connectivity index (χ1v) is 7.42. The number of halogens is 2. The first kappa shape index (κ1) is 14.2. The summed E-state index contributed by atoms with van der Waals surface area (Å²) in [5.74, 6) is 0.869. The Labute approximate surface area is 134 Å². The van der Waals surface area contributed by atoms with Crippen LogP contribution in [0.4, 0.5) is 5.69 Å². The summed E-state index contributed by atoms with van der Waals surface area (Å²) in [6.07, 6.45) is 0. The van der Waals surface area contributed by atoms with Crippen LogP contribution in [0.2, 0.25) is 5.02 Å². The molecule has 2 N–H and O–H groups in total. The fourth-order valence-electron chi connectivity index (χ4n) is 2.08. The molecule has 2 aromatic rings. The Balaban J connectivity index is 2.03. The summed E-state index contributed by atoms with van der Waals surface area (Å²) in [4.78, 5) is 12.6. The number of ketones is 1. The molecule has 0 amide bonds. The lowest BCUT2D eigenvalue weighted by Crippen LogP contribution is -2.16. The van der Waals surface area contributed by atoms with Gasteiger partial charge in [-0.25, -0.2) is 0 Å². The summed E-state index contributed by atoms with van der Waals surface area (Å²) in [6, 6.07) is 8.24. The number of anilines is 1. The highest BCUT2D eigenvalue weighted by atomic mass is 79.9. The first-order valence-electron chi connectivity index (χ1n) is 6.25. The molecular formula is C15H11BrClNO3. The SMILES string of the molecule is Nc1cc(C(=O)c2cc3c(cc2Cl)OCCO3)ccc1Br. The molecule has 1 aliphatic rings. The van der Waals surface area contributed by atoms with Gasteiger partial charge >= 0.3 is 0 Å². The second kappa shape index (κ2) is 5.58. The van der Waals surface area contributed by atoms with Crippen molar-refractivity contribution in [2.75, 3.05) is 18.9 Å². The molecule has 0 aliphatic carbocycles. The van der Waals surface area contributed by atoms with E-state index in [1.165, 1.54) is 0 Å². The quantitative estimate of drug-likeness (QED) is 0.649. The van der Waals surface area contributed by atoms with Crippen LogP contribution >= 0.6 is 27.5 Å². The lowest BCUT2D eigenvalue weighted by atomic mass is 10.0. The molecule has 0 aromatic heterocycles. The van der Waals surface area contributed by atoms with E-state index in [4.69, 9.17) is 26.8 Å². The van der Waals surface area contributed by atoms with E-state index in [9.17, 15) is 4.79 Å². The van der Waals surface area contributed by atoms with Crippen LogP contribution in [0.5, 0.6) is 11.5 Å². The predicted octanol–water partition coefficient (Wildman–Crippen LogP) is 3.69. The highest BCUT2D eigenvalue weighted by molar-refractivity contribution is 9.10. The highest BCUT2D eigenvalue weighted by Gasteiger charge is 2.20. The van der Waals surface area contributed by atoms with Crippen molar-refractivity contribution in [2.24, 2.45) is 0 Å². The van der Waals surface area contributed by atoms with Gasteiger partial charge < -0.3 is 15.2 Å². The molecule has 0 atom stereocenters. The number of hydrogen-bond acceptors (Lipinski definition) is 4. The fraction of sp³-hybridized carbons (Fsp3) is 0.133. The van der Waals surface area contributed by atoms with Crippen LogP contribution in [-0.2, 0) is 0 Å². The topological polar surface area (TPSA) is 61.6 Å². The van der Waals surface area contributed by atoms with Crippen molar-refractivity contribution in [3.8, 4) is 11.5 Å². The van der Waals surface area contributed by atoms with Crippen LogP contribution in [0.15, 0.2) is 34.8 Å². The van der Waals surface area contributed by atoms with Crippen LogP contribution < -0.4 is 15.2 Å². The molecule has 3 rings (SSSR count). The van der Waals surface area contributed by atoms with Crippen molar-refractivity contribution in [3.05, 3.63) is 51.0 Å². The van der Waals surface area contributed by atoms with E-state index in [-0.39, 0.29) is 5.78 Å². The second-order valence-corrected chi connectivity index (χ2v) is 5.80. The average Bonchev–Trinajstić information content (AvgIpc) is 2.48. The number of hydrogen-bond donors (Lipinski definition) is 1. The monoisotopic (exact) mass is 367 g/mol. The highest BCUT2D eigenvalue weighted by Crippen LogP contribution is 2.36. The molecule has 1 heterocycles. The Hall–Kier alpha value is -1.72. The summed E-state index contributed by atoms with van der Waals surface area (Å²) in [6.45, 7) is 0.924. The molecule has 0 spiro atoms. The second-order valence-electron chi connectivity index (χ2n) is 4.54. The molecule has 4 nitrogen and oxygen atoms in total. The fourth-order valence-corrected chi connectivity index (χ4v) is 2.56. The van der Waals surface area contributed by atoms with Gasteiger partial charge in [-0.05, 0) is 40.2 Å². The zero-order valence-corrected chi connectivity index (χ0v) is 13.2. The van der Waals surface area contributed by atoms with Gasteiger partial charge in [-0.2, -0.15) is 0 Å². The third-order valence-corrected chi connectivity index (χ3v) is 4.17. The summed E-state index contributed by atoms with van der Waals surface area (Å²) in [5, 5.41) is 0.325. The molecule has 0 saturated heterocycles. The van der Waals surface area contributed by atoms with Gasteiger partial charge in [0.2, 0.25) is 0 Å². The molecule has 0 unspecified atom stereocenters. The molecule has 108 valence electrons. The number of benzene rings is 2. The van der Waals surface area contributed by atoms with E-state index in [1.54, 1.807) is 30.3 Å². The average molecular weight is 369 g/mol. The molecular weight excluding hydrogens is 358 g/mol. The number of carbonyl (C=O) groups excluding carboxylic acids is 1. The third-order valence-electron chi connectivity index (χ3n) is 3.13. The van der Waals surface area contributed by atoms with E-state index < -0.39 is 0 Å². The van der Waals surface area contributed by atoms with Crippen molar-refractivity contribution in [2.45, 2.75) is 0 Å². The zero-order chi connectivity index (χ0) is 15.0. The number of rotatable bonds is 2. The standard InChI is InChI=1S/C15H11BrClNO3/c16-10-2-1-8(5-12(10)18)15(19)9-6-13-14(7-11(9)17)21-4-3-20-13/h1-2,5-7H,3-4,18H2. The molecule has 21 heavy (non-hydrogen) atoms. The summed E-state index contributed by atoms with van der Waals surface area (Å²) < 4.78 is 11.7. The zero-order valence-electron chi connectivity index (χ0n) is 10.9. The van der Waals surface area contributed by atoms with Gasteiger partial charge in [-0.1, -0.05) is 11.6 Å². The normalized spacial score (nSPS) is 13.0. The number of nitrogens with two attached hydrogens (primary N) is 1. The van der Waals surface area contributed by atoms with E-state index in [1.807, 2.05) is 0 Å². The van der Waals surface area contributed by atoms with Crippen LogP contribution in [0.25, 0.3) is 0 Å². The Morgan fingerprint density at radius 3 is 2.48 bits per heavy atom. The van der Waals surface area contributed by atoms with Crippen LogP contribution in [-0.4, -0.2) is 19.0 Å². The maximum absolute atomic E-state index is 12.6.